The highest BCUT2D eigenvalue weighted by Gasteiger charge is 2.48. The molecule has 1 saturated heterocycles. The van der Waals surface area contributed by atoms with Crippen molar-refractivity contribution in [3.8, 4) is 5.75 Å². The predicted octanol–water partition coefficient (Wildman–Crippen LogP) is 5.28. The van der Waals surface area contributed by atoms with Crippen LogP contribution in [-0.2, 0) is 9.59 Å². The Balaban J connectivity index is 1.74. The molecule has 1 aliphatic rings. The number of aliphatic hydroxyl groups is 1. The molecule has 1 fully saturated rings. The minimum atomic E-state index is -0.960. The third kappa shape index (κ3) is 3.32. The highest BCUT2D eigenvalue weighted by molar-refractivity contribution is 7.22. The SMILES string of the molecule is O=C1C(=O)N(c2nc3ccccc3s2)C(c2cccc(O)c2)/C1=C(/O)c1ccc(Cl)cc1. The second-order valence-electron chi connectivity index (χ2n) is 7.24. The molecule has 0 saturated carbocycles. The molecule has 32 heavy (non-hydrogen) atoms. The first-order valence-electron chi connectivity index (χ1n) is 9.65. The summed E-state index contributed by atoms with van der Waals surface area (Å²) in [5.74, 6) is -1.97. The lowest BCUT2D eigenvalue weighted by atomic mass is 9.95. The lowest BCUT2D eigenvalue weighted by Gasteiger charge is -2.23. The van der Waals surface area contributed by atoms with Crippen LogP contribution >= 0.6 is 22.9 Å². The predicted molar refractivity (Wildman–Crippen MR) is 124 cm³/mol. The number of Topliss-reactive ketones (excluding diaryl/α,β-unsaturated/α-hetero) is 1. The zero-order valence-corrected chi connectivity index (χ0v) is 18.0. The highest BCUT2D eigenvalue weighted by Crippen LogP contribution is 2.44. The van der Waals surface area contributed by atoms with Crippen molar-refractivity contribution in [2.24, 2.45) is 0 Å². The Hall–Kier alpha value is -3.68. The Morgan fingerprint density at radius 2 is 1.75 bits per heavy atom. The van der Waals surface area contributed by atoms with Crippen molar-refractivity contribution in [2.75, 3.05) is 4.90 Å². The van der Waals surface area contributed by atoms with E-state index in [1.165, 1.54) is 28.4 Å². The van der Waals surface area contributed by atoms with Gasteiger partial charge in [0.25, 0.3) is 5.78 Å². The van der Waals surface area contributed by atoms with Crippen molar-refractivity contribution in [3.63, 3.8) is 0 Å². The average Bonchev–Trinajstić information content (AvgIpc) is 3.32. The number of hydrogen-bond acceptors (Lipinski definition) is 6. The number of fused-ring (bicyclic) bond motifs is 1. The number of carbonyl (C=O) groups is 2. The number of amides is 1. The number of halogens is 1. The smallest absolute Gasteiger partial charge is 0.301 e. The zero-order chi connectivity index (χ0) is 22.4. The van der Waals surface area contributed by atoms with Gasteiger partial charge >= 0.3 is 5.91 Å². The van der Waals surface area contributed by atoms with Crippen LogP contribution in [0.2, 0.25) is 5.02 Å². The molecule has 1 atom stereocenters. The molecule has 0 spiro atoms. The van der Waals surface area contributed by atoms with Gasteiger partial charge in [-0.2, -0.15) is 0 Å². The van der Waals surface area contributed by atoms with Crippen molar-refractivity contribution in [1.29, 1.82) is 0 Å². The minimum Gasteiger partial charge on any atom is -0.508 e. The Bertz CT molecular complexity index is 1380. The number of aromatic nitrogens is 1. The summed E-state index contributed by atoms with van der Waals surface area (Å²) in [5, 5.41) is 21.9. The van der Waals surface area contributed by atoms with Gasteiger partial charge in [-0.1, -0.05) is 47.2 Å². The van der Waals surface area contributed by atoms with Crippen LogP contribution in [0, 0.1) is 0 Å². The van der Waals surface area contributed by atoms with E-state index in [0.29, 0.717) is 26.8 Å². The summed E-state index contributed by atoms with van der Waals surface area (Å²) in [7, 11) is 0. The molecule has 3 aromatic carbocycles. The summed E-state index contributed by atoms with van der Waals surface area (Å²) < 4.78 is 0.858. The van der Waals surface area contributed by atoms with Crippen LogP contribution in [0.5, 0.6) is 5.75 Å². The van der Waals surface area contributed by atoms with Crippen LogP contribution in [0.3, 0.4) is 0 Å². The maximum Gasteiger partial charge on any atom is 0.301 e. The number of aliphatic hydroxyl groups excluding tert-OH is 1. The van der Waals surface area contributed by atoms with Crippen molar-refractivity contribution in [1.82, 2.24) is 4.98 Å². The number of rotatable bonds is 3. The van der Waals surface area contributed by atoms with Crippen molar-refractivity contribution < 1.29 is 19.8 Å². The first kappa shape index (κ1) is 20.2. The van der Waals surface area contributed by atoms with Gasteiger partial charge in [-0.15, -0.1) is 0 Å². The number of para-hydroxylation sites is 1. The highest BCUT2D eigenvalue weighted by atomic mass is 35.5. The second-order valence-corrected chi connectivity index (χ2v) is 8.68. The summed E-state index contributed by atoms with van der Waals surface area (Å²) >= 11 is 7.22. The summed E-state index contributed by atoms with van der Waals surface area (Å²) in [6, 6.07) is 19.0. The van der Waals surface area contributed by atoms with E-state index in [2.05, 4.69) is 4.98 Å². The van der Waals surface area contributed by atoms with E-state index in [0.717, 1.165) is 4.70 Å². The second kappa shape index (κ2) is 7.78. The molecule has 6 nitrogen and oxygen atoms in total. The standard InChI is InChI=1S/C24H15ClN2O4S/c25-15-10-8-13(9-11-15)21(29)19-20(14-4-3-5-16(28)12-14)27(23(31)22(19)30)24-26-17-6-1-2-7-18(17)32-24/h1-12,20,28-29H/b21-19-. The van der Waals surface area contributed by atoms with Gasteiger partial charge in [0.1, 0.15) is 11.5 Å². The minimum absolute atomic E-state index is 0.0242. The number of phenols is 1. The van der Waals surface area contributed by atoms with Crippen molar-refractivity contribution in [3.05, 3.63) is 94.5 Å². The molecule has 0 aliphatic carbocycles. The third-order valence-corrected chi connectivity index (χ3v) is 6.52. The lowest BCUT2D eigenvalue weighted by molar-refractivity contribution is -0.132. The van der Waals surface area contributed by atoms with Gasteiger partial charge in [-0.05, 0) is 54.1 Å². The average molecular weight is 463 g/mol. The van der Waals surface area contributed by atoms with Crippen LogP contribution in [-0.4, -0.2) is 26.9 Å². The normalized spacial score (nSPS) is 17.9. The number of ketones is 1. The van der Waals surface area contributed by atoms with E-state index in [9.17, 15) is 19.8 Å². The third-order valence-electron chi connectivity index (χ3n) is 5.24. The van der Waals surface area contributed by atoms with E-state index < -0.39 is 17.7 Å². The van der Waals surface area contributed by atoms with Gasteiger partial charge in [0.15, 0.2) is 5.13 Å². The largest absolute Gasteiger partial charge is 0.508 e. The number of nitrogens with zero attached hydrogens (tertiary/aromatic N) is 2. The fourth-order valence-corrected chi connectivity index (χ4v) is 4.88. The van der Waals surface area contributed by atoms with Gasteiger partial charge in [-0.25, -0.2) is 4.98 Å². The van der Waals surface area contributed by atoms with Gasteiger partial charge in [0, 0.05) is 10.6 Å². The molecule has 1 aromatic heterocycles. The lowest BCUT2D eigenvalue weighted by Crippen LogP contribution is -2.29. The molecular weight excluding hydrogens is 448 g/mol. The van der Waals surface area contributed by atoms with Gasteiger partial charge in [0.2, 0.25) is 0 Å². The summed E-state index contributed by atoms with van der Waals surface area (Å²) in [5.41, 5.74) is 1.43. The molecule has 2 N–H and O–H groups in total. The van der Waals surface area contributed by atoms with Crippen LogP contribution in [0.4, 0.5) is 5.13 Å². The van der Waals surface area contributed by atoms with E-state index >= 15 is 0 Å². The molecule has 1 amide bonds. The molecule has 158 valence electrons. The fourth-order valence-electron chi connectivity index (χ4n) is 3.77. The summed E-state index contributed by atoms with van der Waals surface area (Å²) in [6.45, 7) is 0. The zero-order valence-electron chi connectivity index (χ0n) is 16.4. The number of hydrogen-bond donors (Lipinski definition) is 2. The molecular formula is C24H15ClN2O4S. The van der Waals surface area contributed by atoms with E-state index in [-0.39, 0.29) is 17.1 Å². The van der Waals surface area contributed by atoms with Crippen LogP contribution in [0.25, 0.3) is 16.0 Å². The van der Waals surface area contributed by atoms with Gasteiger partial charge in [-0.3, -0.25) is 14.5 Å². The number of thiazole rings is 1. The Morgan fingerprint density at radius 1 is 1.00 bits per heavy atom. The number of aromatic hydroxyl groups is 1. The Kier molecular flexibility index (Phi) is 4.92. The quantitative estimate of drug-likeness (QED) is 0.245. The summed E-state index contributed by atoms with van der Waals surface area (Å²) in [4.78, 5) is 32.1. The molecule has 1 aliphatic heterocycles. The first-order valence-corrected chi connectivity index (χ1v) is 10.8. The van der Waals surface area contributed by atoms with Crippen LogP contribution in [0.15, 0.2) is 78.4 Å². The van der Waals surface area contributed by atoms with Crippen molar-refractivity contribution >= 4 is 55.7 Å². The number of phenolic OH excluding ortho intramolecular Hbond substituents is 1. The molecule has 0 radical (unpaired) electrons. The number of benzene rings is 3. The number of anilines is 1. The number of carbonyl (C=O) groups excluding carboxylic acids is 2. The van der Waals surface area contributed by atoms with Crippen LogP contribution in [0.1, 0.15) is 17.2 Å². The monoisotopic (exact) mass is 462 g/mol. The van der Waals surface area contributed by atoms with Gasteiger partial charge in [0.05, 0.1) is 21.8 Å². The maximum atomic E-state index is 13.2. The van der Waals surface area contributed by atoms with E-state index in [4.69, 9.17) is 11.6 Å². The molecule has 1 unspecified atom stereocenters. The summed E-state index contributed by atoms with van der Waals surface area (Å²) in [6.07, 6.45) is 0. The molecule has 0 bridgehead atoms. The Labute approximate surface area is 191 Å². The van der Waals surface area contributed by atoms with E-state index in [1.807, 2.05) is 24.3 Å². The topological polar surface area (TPSA) is 90.7 Å². The Morgan fingerprint density at radius 3 is 2.47 bits per heavy atom. The maximum absolute atomic E-state index is 13.2. The van der Waals surface area contributed by atoms with Gasteiger partial charge < -0.3 is 10.2 Å². The van der Waals surface area contributed by atoms with Crippen LogP contribution < -0.4 is 4.90 Å². The molecule has 5 rings (SSSR count). The first-order chi connectivity index (χ1) is 15.4. The fraction of sp³-hybridized carbons (Fsp3) is 0.0417. The molecule has 4 aromatic rings. The molecule has 8 heteroatoms. The molecule has 2 heterocycles. The van der Waals surface area contributed by atoms with E-state index in [1.54, 1.807) is 36.4 Å². The van der Waals surface area contributed by atoms with Crippen molar-refractivity contribution in [2.45, 2.75) is 6.04 Å².